The molecule has 1 aromatic carbocycles. The van der Waals surface area contributed by atoms with Crippen LogP contribution in [0.25, 0.3) is 0 Å². The van der Waals surface area contributed by atoms with E-state index in [4.69, 9.17) is 10.5 Å². The third-order valence-corrected chi connectivity index (χ3v) is 3.41. The van der Waals surface area contributed by atoms with Crippen molar-refractivity contribution < 1.29 is 14.3 Å². The van der Waals surface area contributed by atoms with E-state index in [1.165, 1.54) is 0 Å². The van der Waals surface area contributed by atoms with Crippen molar-refractivity contribution in [1.82, 2.24) is 5.32 Å². The van der Waals surface area contributed by atoms with Crippen LogP contribution in [-0.2, 0) is 14.3 Å². The summed E-state index contributed by atoms with van der Waals surface area (Å²) in [6.45, 7) is 5.85. The Bertz CT molecular complexity index is 462. The summed E-state index contributed by atoms with van der Waals surface area (Å²) in [6.07, 6.45) is 0. The molecule has 0 radical (unpaired) electrons. The van der Waals surface area contributed by atoms with Crippen LogP contribution < -0.4 is 11.1 Å². The van der Waals surface area contributed by atoms with E-state index in [1.807, 2.05) is 30.3 Å². The molecular weight excluding hydrogens is 268 g/mol. The molecule has 21 heavy (non-hydrogen) atoms. The molecule has 3 atom stereocenters. The molecule has 0 spiro atoms. The van der Waals surface area contributed by atoms with E-state index in [-0.39, 0.29) is 36.3 Å². The minimum absolute atomic E-state index is 0.164. The highest BCUT2D eigenvalue weighted by molar-refractivity contribution is 5.80. The van der Waals surface area contributed by atoms with Crippen LogP contribution in [0.3, 0.4) is 0 Å². The molecule has 0 aromatic heterocycles. The molecule has 0 fully saturated rings. The van der Waals surface area contributed by atoms with Gasteiger partial charge in [-0.1, -0.05) is 44.2 Å². The fourth-order valence-electron chi connectivity index (χ4n) is 1.91. The third kappa shape index (κ3) is 5.19. The Morgan fingerprint density at radius 2 is 1.86 bits per heavy atom. The van der Waals surface area contributed by atoms with Crippen molar-refractivity contribution in [3.8, 4) is 0 Å². The first-order valence-corrected chi connectivity index (χ1v) is 7.22. The smallest absolute Gasteiger partial charge is 0.310 e. The van der Waals surface area contributed by atoms with Crippen molar-refractivity contribution in [1.29, 1.82) is 0 Å². The standard InChI is InChI=1S/C16H24N2O3/c1-4-21-16(20)11(2)10-18-15(19)12(3)14(17)13-8-6-5-7-9-13/h5-9,11-12,14H,4,10,17H2,1-3H3,(H,18,19). The number of hydrogen-bond donors (Lipinski definition) is 2. The lowest BCUT2D eigenvalue weighted by Gasteiger charge is -2.20. The number of esters is 1. The summed E-state index contributed by atoms with van der Waals surface area (Å²) in [5.41, 5.74) is 7.02. The van der Waals surface area contributed by atoms with Crippen molar-refractivity contribution in [2.45, 2.75) is 26.8 Å². The van der Waals surface area contributed by atoms with Gasteiger partial charge in [0.1, 0.15) is 0 Å². The van der Waals surface area contributed by atoms with Gasteiger partial charge in [-0.2, -0.15) is 0 Å². The lowest BCUT2D eigenvalue weighted by molar-refractivity contribution is -0.147. The molecule has 0 saturated heterocycles. The number of amides is 1. The molecule has 0 heterocycles. The molecule has 5 heteroatoms. The van der Waals surface area contributed by atoms with Crippen LogP contribution in [0.15, 0.2) is 30.3 Å². The van der Waals surface area contributed by atoms with Gasteiger partial charge in [0.05, 0.1) is 18.4 Å². The summed E-state index contributed by atoms with van der Waals surface area (Å²) in [7, 11) is 0. The maximum atomic E-state index is 12.1. The van der Waals surface area contributed by atoms with Gasteiger partial charge in [-0.25, -0.2) is 0 Å². The SMILES string of the molecule is CCOC(=O)C(C)CNC(=O)C(C)C(N)c1ccccc1. The van der Waals surface area contributed by atoms with Crippen LogP contribution >= 0.6 is 0 Å². The summed E-state index contributed by atoms with van der Waals surface area (Å²) in [4.78, 5) is 23.6. The predicted molar refractivity (Wildman–Crippen MR) is 81.3 cm³/mol. The molecule has 0 aliphatic rings. The molecular formula is C16H24N2O3. The van der Waals surface area contributed by atoms with Gasteiger partial charge in [0.2, 0.25) is 5.91 Å². The second kappa shape index (κ2) is 8.42. The maximum Gasteiger partial charge on any atom is 0.310 e. The monoisotopic (exact) mass is 292 g/mol. The van der Waals surface area contributed by atoms with E-state index in [0.717, 1.165) is 5.56 Å². The zero-order valence-electron chi connectivity index (χ0n) is 12.8. The van der Waals surface area contributed by atoms with E-state index in [9.17, 15) is 9.59 Å². The minimum atomic E-state index is -0.373. The zero-order valence-corrected chi connectivity index (χ0v) is 12.8. The number of carbonyl (C=O) groups is 2. The van der Waals surface area contributed by atoms with Crippen molar-refractivity contribution >= 4 is 11.9 Å². The van der Waals surface area contributed by atoms with E-state index in [1.54, 1.807) is 20.8 Å². The molecule has 0 aliphatic heterocycles. The van der Waals surface area contributed by atoms with Crippen molar-refractivity contribution in [3.63, 3.8) is 0 Å². The van der Waals surface area contributed by atoms with Gasteiger partial charge in [0.25, 0.3) is 0 Å². The third-order valence-electron chi connectivity index (χ3n) is 3.41. The van der Waals surface area contributed by atoms with Crippen LogP contribution in [0.2, 0.25) is 0 Å². The Morgan fingerprint density at radius 1 is 1.24 bits per heavy atom. The highest BCUT2D eigenvalue weighted by Gasteiger charge is 2.23. The van der Waals surface area contributed by atoms with Crippen molar-refractivity contribution in [3.05, 3.63) is 35.9 Å². The minimum Gasteiger partial charge on any atom is -0.466 e. The lowest BCUT2D eigenvalue weighted by atomic mass is 9.94. The molecule has 5 nitrogen and oxygen atoms in total. The topological polar surface area (TPSA) is 81.4 Å². The lowest BCUT2D eigenvalue weighted by Crippen LogP contribution is -2.39. The van der Waals surface area contributed by atoms with Crippen LogP contribution in [0.1, 0.15) is 32.4 Å². The number of nitrogens with two attached hydrogens (primary N) is 1. The Labute approximate surface area is 125 Å². The van der Waals surface area contributed by atoms with Gasteiger partial charge in [0, 0.05) is 12.6 Å². The summed E-state index contributed by atoms with van der Waals surface area (Å²) in [5.74, 6) is -1.21. The molecule has 3 unspecified atom stereocenters. The second-order valence-electron chi connectivity index (χ2n) is 5.12. The normalized spacial score (nSPS) is 14.9. The van der Waals surface area contributed by atoms with E-state index < -0.39 is 0 Å². The highest BCUT2D eigenvalue weighted by Crippen LogP contribution is 2.19. The summed E-state index contributed by atoms with van der Waals surface area (Å²) in [6, 6.07) is 9.11. The first kappa shape index (κ1) is 17.2. The van der Waals surface area contributed by atoms with E-state index in [0.29, 0.717) is 6.61 Å². The van der Waals surface area contributed by atoms with Gasteiger partial charge in [-0.05, 0) is 12.5 Å². The van der Waals surface area contributed by atoms with Gasteiger partial charge in [-0.15, -0.1) is 0 Å². The Hall–Kier alpha value is -1.88. The van der Waals surface area contributed by atoms with Gasteiger partial charge in [-0.3, -0.25) is 9.59 Å². The van der Waals surface area contributed by atoms with Crippen LogP contribution in [0.4, 0.5) is 0 Å². The van der Waals surface area contributed by atoms with Crippen LogP contribution in [0, 0.1) is 11.8 Å². The molecule has 116 valence electrons. The predicted octanol–water partition coefficient (Wildman–Crippen LogP) is 1.64. The molecule has 0 bridgehead atoms. The van der Waals surface area contributed by atoms with Crippen molar-refractivity contribution in [2.75, 3.05) is 13.2 Å². The number of nitrogens with one attached hydrogen (secondary N) is 1. The van der Waals surface area contributed by atoms with E-state index >= 15 is 0 Å². The first-order valence-electron chi connectivity index (χ1n) is 7.22. The Balaban J connectivity index is 2.50. The number of hydrogen-bond acceptors (Lipinski definition) is 4. The van der Waals surface area contributed by atoms with Crippen LogP contribution in [-0.4, -0.2) is 25.0 Å². The fourth-order valence-corrected chi connectivity index (χ4v) is 1.91. The number of carbonyl (C=O) groups excluding carboxylic acids is 2. The molecule has 1 amide bonds. The molecule has 0 saturated carbocycles. The van der Waals surface area contributed by atoms with Crippen LogP contribution in [0.5, 0.6) is 0 Å². The Morgan fingerprint density at radius 3 is 2.43 bits per heavy atom. The first-order chi connectivity index (χ1) is 9.97. The van der Waals surface area contributed by atoms with Crippen molar-refractivity contribution in [2.24, 2.45) is 17.6 Å². The quantitative estimate of drug-likeness (QED) is 0.749. The van der Waals surface area contributed by atoms with Gasteiger partial charge < -0.3 is 15.8 Å². The summed E-state index contributed by atoms with van der Waals surface area (Å²) < 4.78 is 4.90. The average Bonchev–Trinajstić information content (AvgIpc) is 2.51. The Kier molecular flexibility index (Phi) is 6.88. The number of ether oxygens (including phenoxy) is 1. The summed E-state index contributed by atoms with van der Waals surface area (Å²) >= 11 is 0. The number of rotatable bonds is 7. The number of benzene rings is 1. The average molecular weight is 292 g/mol. The van der Waals surface area contributed by atoms with E-state index in [2.05, 4.69) is 5.32 Å². The maximum absolute atomic E-state index is 12.1. The van der Waals surface area contributed by atoms with Gasteiger partial charge in [0.15, 0.2) is 0 Å². The zero-order chi connectivity index (χ0) is 15.8. The molecule has 1 aromatic rings. The molecule has 3 N–H and O–H groups in total. The largest absolute Gasteiger partial charge is 0.466 e. The second-order valence-corrected chi connectivity index (χ2v) is 5.12. The van der Waals surface area contributed by atoms with Gasteiger partial charge >= 0.3 is 5.97 Å². The molecule has 1 rings (SSSR count). The summed E-state index contributed by atoms with van der Waals surface area (Å²) in [5, 5.41) is 2.75. The highest BCUT2D eigenvalue weighted by atomic mass is 16.5. The molecule has 0 aliphatic carbocycles. The fraction of sp³-hybridized carbons (Fsp3) is 0.500.